The van der Waals surface area contributed by atoms with Crippen LogP contribution < -0.4 is 20.4 Å². The average Bonchev–Trinajstić information content (AvgIpc) is 2.72. The summed E-state index contributed by atoms with van der Waals surface area (Å²) in [6, 6.07) is 0. The molecule has 184 valence electrons. The normalized spacial score (nSPS) is 11.8. The second kappa shape index (κ2) is 22.0. The van der Waals surface area contributed by atoms with Crippen molar-refractivity contribution in [1.29, 1.82) is 0 Å². The second-order valence-electron chi connectivity index (χ2n) is 7.48. The van der Waals surface area contributed by atoms with Crippen LogP contribution in [0, 0.1) is 0 Å². The summed E-state index contributed by atoms with van der Waals surface area (Å²) < 4.78 is 0. The molecule has 0 unspecified atom stereocenters. The van der Waals surface area contributed by atoms with Gasteiger partial charge in [-0.25, -0.2) is 0 Å². The molecule has 0 heterocycles. The van der Waals surface area contributed by atoms with Crippen molar-refractivity contribution in [3.05, 3.63) is 22.3 Å². The first-order valence-electron chi connectivity index (χ1n) is 11.4. The van der Waals surface area contributed by atoms with Crippen molar-refractivity contribution in [2.24, 2.45) is 0 Å². The third kappa shape index (κ3) is 16.4. The second-order valence-corrected chi connectivity index (χ2v) is 7.48. The van der Waals surface area contributed by atoms with Crippen LogP contribution >= 0.6 is 0 Å². The third-order valence-corrected chi connectivity index (χ3v) is 4.84. The fraction of sp³-hybridized carbons (Fsp3) is 0.667. The van der Waals surface area contributed by atoms with E-state index in [1.807, 2.05) is 27.7 Å². The molecule has 0 aliphatic carbocycles. The van der Waals surface area contributed by atoms with E-state index in [0.29, 0.717) is 25.7 Å². The summed E-state index contributed by atoms with van der Waals surface area (Å²) in [5, 5.41) is 43.4. The molecule has 0 aliphatic rings. The summed E-state index contributed by atoms with van der Waals surface area (Å²) in [6.45, 7) is 7.66. The molecule has 0 rings (SSSR count). The van der Waals surface area contributed by atoms with E-state index in [-0.39, 0.29) is 71.9 Å². The van der Waals surface area contributed by atoms with E-state index in [0.717, 1.165) is 25.7 Å². The predicted octanol–water partition coefficient (Wildman–Crippen LogP) is -0.0544. The van der Waals surface area contributed by atoms with Crippen LogP contribution in [0.15, 0.2) is 22.3 Å². The van der Waals surface area contributed by atoms with Crippen LogP contribution in [0.4, 0.5) is 0 Å². The topological polar surface area (TPSA) is 161 Å². The van der Waals surface area contributed by atoms with Crippen LogP contribution in [0.25, 0.3) is 0 Å². The van der Waals surface area contributed by atoms with Gasteiger partial charge in [0.2, 0.25) is 0 Å². The Labute approximate surface area is 214 Å². The molecule has 0 radical (unpaired) electrons. The molecule has 0 amide bonds. The maximum absolute atomic E-state index is 10.9. The van der Waals surface area contributed by atoms with Crippen molar-refractivity contribution in [1.82, 2.24) is 0 Å². The van der Waals surface area contributed by atoms with Crippen LogP contribution in [0.1, 0.15) is 105 Å². The maximum Gasteiger partial charge on any atom is 4.00 e. The van der Waals surface area contributed by atoms with Gasteiger partial charge in [0.15, 0.2) is 0 Å². The van der Waals surface area contributed by atoms with Crippen LogP contribution in [-0.2, 0) is 19.2 Å². The Morgan fingerprint density at radius 2 is 0.576 bits per heavy atom. The first kappa shape index (κ1) is 35.7. The molecule has 8 nitrogen and oxygen atoms in total. The molecule has 0 spiro atoms. The minimum atomic E-state index is -1.39. The van der Waals surface area contributed by atoms with Gasteiger partial charge in [-0.3, -0.25) is 0 Å². The monoisotopic (exact) mass is 572 g/mol. The number of carboxylic acids is 4. The van der Waals surface area contributed by atoms with Gasteiger partial charge in [0.1, 0.15) is 0 Å². The van der Waals surface area contributed by atoms with Crippen molar-refractivity contribution >= 4 is 47.8 Å². The smallest absolute Gasteiger partial charge is 0.545 e. The molecule has 33 heavy (non-hydrogen) atoms. The fourth-order valence-corrected chi connectivity index (χ4v) is 2.92. The predicted molar refractivity (Wildman–Crippen MR) is 118 cm³/mol. The molecule has 9 heteroatoms. The first-order chi connectivity index (χ1) is 15.1. The Morgan fingerprint density at radius 3 is 0.667 bits per heavy atom. The van der Waals surface area contributed by atoms with Gasteiger partial charge in [-0.15, -0.1) is 0 Å². The number of hydrogen-bond acceptors (Lipinski definition) is 8. The summed E-state index contributed by atoms with van der Waals surface area (Å²) in [4.78, 5) is 43.4. The molecule has 0 aromatic carbocycles. The van der Waals surface area contributed by atoms with E-state index in [2.05, 4.69) is 0 Å². The summed E-state index contributed by atoms with van der Waals surface area (Å²) >= 11 is 0. The van der Waals surface area contributed by atoms with Gasteiger partial charge in [0.05, 0.1) is 23.9 Å². The fourth-order valence-electron chi connectivity index (χ4n) is 2.92. The standard InChI is InChI=1S/2C12H20O4.Sn/c2*1-3-5-7-9(11(13)14)10(12(15)16)8-6-4-2;/h2*3-8H2,1-2H3,(H,13,14)(H,15,16);/q;;+4/p-4/b2*10-9-;. The summed E-state index contributed by atoms with van der Waals surface area (Å²) in [5.74, 6) is -5.54. The number of rotatable bonds is 16. The number of carbonyl (C=O) groups is 4. The van der Waals surface area contributed by atoms with E-state index < -0.39 is 23.9 Å². The van der Waals surface area contributed by atoms with Gasteiger partial charge < -0.3 is 39.6 Å². The molecule has 0 saturated carbocycles. The molecule has 0 bridgehead atoms. The van der Waals surface area contributed by atoms with Crippen LogP contribution in [0.2, 0.25) is 0 Å². The maximum atomic E-state index is 10.9. The van der Waals surface area contributed by atoms with E-state index in [9.17, 15) is 39.6 Å². The van der Waals surface area contributed by atoms with Crippen molar-refractivity contribution in [2.75, 3.05) is 0 Å². The molecule has 0 aromatic rings. The van der Waals surface area contributed by atoms with Crippen LogP contribution in [-0.4, -0.2) is 47.8 Å². The minimum absolute atomic E-state index is 0. The number of carbonyl (C=O) groups excluding carboxylic acids is 4. The minimum Gasteiger partial charge on any atom is -0.545 e. The Hall–Kier alpha value is -1.84. The molecular weight excluding hydrogens is 535 g/mol. The van der Waals surface area contributed by atoms with E-state index >= 15 is 0 Å². The summed E-state index contributed by atoms with van der Waals surface area (Å²) in [6.07, 6.45) is 6.79. The summed E-state index contributed by atoms with van der Waals surface area (Å²) in [5.41, 5.74) is -0.406. The number of carboxylic acid groups (broad SMARTS) is 4. The Kier molecular flexibility index (Phi) is 23.8. The zero-order chi connectivity index (χ0) is 25.1. The van der Waals surface area contributed by atoms with E-state index in [1.54, 1.807) is 0 Å². The van der Waals surface area contributed by atoms with Crippen molar-refractivity contribution in [3.8, 4) is 0 Å². The zero-order valence-corrected chi connectivity index (χ0v) is 23.1. The van der Waals surface area contributed by atoms with Crippen molar-refractivity contribution in [3.63, 3.8) is 0 Å². The van der Waals surface area contributed by atoms with Gasteiger partial charge in [0, 0.05) is 0 Å². The van der Waals surface area contributed by atoms with Gasteiger partial charge >= 0.3 is 23.9 Å². The van der Waals surface area contributed by atoms with Gasteiger partial charge in [-0.05, 0) is 73.7 Å². The first-order valence-corrected chi connectivity index (χ1v) is 11.4. The Bertz CT molecular complexity index is 566. The van der Waals surface area contributed by atoms with Gasteiger partial charge in [-0.1, -0.05) is 53.4 Å². The zero-order valence-electron chi connectivity index (χ0n) is 20.3. The largest absolute Gasteiger partial charge is 4.00 e. The molecule has 0 N–H and O–H groups in total. The number of aliphatic carboxylic acids is 4. The number of unbranched alkanes of at least 4 members (excludes halogenated alkanes) is 4. The van der Waals surface area contributed by atoms with Crippen molar-refractivity contribution in [2.45, 2.75) is 105 Å². The number of hydrogen-bond donors (Lipinski definition) is 0. The third-order valence-electron chi connectivity index (χ3n) is 4.84. The average molecular weight is 571 g/mol. The molecule has 0 saturated heterocycles. The molecule has 0 aromatic heterocycles. The Balaban J connectivity index is -0.000000529. The molecular formula is C24H36O8Sn. The molecule has 0 fully saturated rings. The quantitative estimate of drug-likeness (QED) is 0.184. The van der Waals surface area contributed by atoms with Gasteiger partial charge in [0.25, 0.3) is 0 Å². The van der Waals surface area contributed by atoms with E-state index in [4.69, 9.17) is 0 Å². The van der Waals surface area contributed by atoms with Crippen LogP contribution in [0.5, 0.6) is 0 Å². The molecule has 0 aliphatic heterocycles. The van der Waals surface area contributed by atoms with E-state index in [1.165, 1.54) is 0 Å². The SMILES string of the molecule is CCCC/C(C(=O)[O-])=C(\CCCC)C(=O)[O-].CCCC/C(C(=O)[O-])=C(\CCCC)C(=O)[O-].[Sn+4]. The molecule has 0 atom stereocenters. The van der Waals surface area contributed by atoms with Gasteiger partial charge in [-0.2, -0.15) is 0 Å². The summed E-state index contributed by atoms with van der Waals surface area (Å²) in [7, 11) is 0. The van der Waals surface area contributed by atoms with Crippen molar-refractivity contribution < 1.29 is 39.6 Å². The van der Waals surface area contributed by atoms with Crippen LogP contribution in [0.3, 0.4) is 0 Å². The Morgan fingerprint density at radius 1 is 0.424 bits per heavy atom.